The Labute approximate surface area is 159 Å². The number of nitrogens with two attached hydrogens (primary N) is 1. The fraction of sp³-hybridized carbons (Fsp3) is 0.400. The number of aryl methyl sites for hydroxylation is 1. The lowest BCUT2D eigenvalue weighted by Gasteiger charge is -2.30. The van der Waals surface area contributed by atoms with Crippen molar-refractivity contribution in [2.24, 2.45) is 0 Å². The Kier molecular flexibility index (Phi) is 6.01. The van der Waals surface area contributed by atoms with Crippen molar-refractivity contribution in [3.8, 4) is 0 Å². The van der Waals surface area contributed by atoms with E-state index in [1.54, 1.807) is 6.07 Å². The van der Waals surface area contributed by atoms with Gasteiger partial charge in [0.15, 0.2) is 11.6 Å². The van der Waals surface area contributed by atoms with Crippen LogP contribution in [-0.2, 0) is 17.8 Å². The van der Waals surface area contributed by atoms with E-state index in [-0.39, 0.29) is 12.5 Å². The van der Waals surface area contributed by atoms with E-state index < -0.39 is 0 Å². The van der Waals surface area contributed by atoms with Gasteiger partial charge in [0.2, 0.25) is 5.91 Å². The van der Waals surface area contributed by atoms with Gasteiger partial charge in [-0.15, -0.1) is 0 Å². The van der Waals surface area contributed by atoms with E-state index in [0.29, 0.717) is 35.3 Å². The average Bonchev–Trinajstić information content (AvgIpc) is 2.66. The first-order valence-electron chi connectivity index (χ1n) is 9.36. The van der Waals surface area contributed by atoms with Gasteiger partial charge in [0, 0.05) is 18.5 Å². The highest BCUT2D eigenvalue weighted by molar-refractivity contribution is 6.03. The van der Waals surface area contributed by atoms with Crippen molar-refractivity contribution in [2.45, 2.75) is 45.6 Å². The molecule has 7 nitrogen and oxygen atoms in total. The van der Waals surface area contributed by atoms with E-state index in [2.05, 4.69) is 22.2 Å². The number of carbonyl (C=O) groups is 2. The van der Waals surface area contributed by atoms with Crippen LogP contribution in [0.4, 0.5) is 17.3 Å². The molecule has 27 heavy (non-hydrogen) atoms. The molecule has 1 aliphatic rings. The molecule has 7 heteroatoms. The number of aromatic nitrogens is 2. The third kappa shape index (κ3) is 4.61. The first-order valence-corrected chi connectivity index (χ1v) is 9.36. The number of fused-ring (bicyclic) bond motifs is 1. The van der Waals surface area contributed by atoms with Crippen LogP contribution < -0.4 is 16.0 Å². The average molecular weight is 367 g/mol. The molecule has 0 aliphatic carbocycles. The number of hydrogen-bond acceptors (Lipinski definition) is 6. The van der Waals surface area contributed by atoms with Gasteiger partial charge >= 0.3 is 0 Å². The Morgan fingerprint density at radius 1 is 1.26 bits per heavy atom. The zero-order valence-electron chi connectivity index (χ0n) is 15.6. The van der Waals surface area contributed by atoms with Crippen molar-refractivity contribution in [2.75, 3.05) is 22.5 Å². The summed E-state index contributed by atoms with van der Waals surface area (Å²) >= 11 is 0. The highest BCUT2D eigenvalue weighted by Gasteiger charge is 2.27. The number of unbranched alkanes of at least 4 members (excludes halogenated alkanes) is 3. The number of benzene rings is 1. The third-order valence-electron chi connectivity index (χ3n) is 4.58. The second-order valence-electron chi connectivity index (χ2n) is 6.80. The predicted molar refractivity (Wildman–Crippen MR) is 106 cm³/mol. The van der Waals surface area contributed by atoms with E-state index in [4.69, 9.17) is 5.73 Å². The Morgan fingerprint density at radius 2 is 2.11 bits per heavy atom. The molecule has 2 aromatic rings. The number of nitrogens with zero attached hydrogens (tertiary/aromatic N) is 3. The maximum atomic E-state index is 12.1. The molecule has 3 rings (SSSR count). The van der Waals surface area contributed by atoms with Gasteiger partial charge in [0.05, 0.1) is 6.54 Å². The van der Waals surface area contributed by atoms with Crippen molar-refractivity contribution in [1.82, 2.24) is 9.97 Å². The van der Waals surface area contributed by atoms with E-state index in [9.17, 15) is 9.59 Å². The zero-order valence-corrected chi connectivity index (χ0v) is 15.6. The number of rotatable bonds is 8. The molecular weight excluding hydrogens is 342 g/mol. The van der Waals surface area contributed by atoms with Crippen molar-refractivity contribution < 1.29 is 9.59 Å². The summed E-state index contributed by atoms with van der Waals surface area (Å²) in [5, 5.41) is 2.78. The van der Waals surface area contributed by atoms with Crippen molar-refractivity contribution in [3.05, 3.63) is 41.2 Å². The van der Waals surface area contributed by atoms with Crippen molar-refractivity contribution in [3.63, 3.8) is 0 Å². The summed E-state index contributed by atoms with van der Waals surface area (Å²) in [4.78, 5) is 34.1. The number of carbonyl (C=O) groups excluding carboxylic acids is 2. The summed E-state index contributed by atoms with van der Waals surface area (Å²) in [7, 11) is 0. The SMILES string of the molecule is CCCCCCc1nc(N)c2c(n1)N(Cc1cccc(C=O)c1)CC(=O)N2. The first-order chi connectivity index (χ1) is 13.1. The Hall–Kier alpha value is -2.96. The summed E-state index contributed by atoms with van der Waals surface area (Å²) in [5.41, 5.74) is 8.10. The Balaban J connectivity index is 1.85. The van der Waals surface area contributed by atoms with E-state index in [1.807, 2.05) is 23.1 Å². The molecule has 0 spiro atoms. The van der Waals surface area contributed by atoms with Gasteiger partial charge in [0.1, 0.15) is 17.8 Å². The summed E-state index contributed by atoms with van der Waals surface area (Å²) in [5.74, 6) is 1.49. The molecule has 0 unspecified atom stereocenters. The van der Waals surface area contributed by atoms with Gasteiger partial charge in [-0.05, 0) is 18.1 Å². The van der Waals surface area contributed by atoms with E-state index in [1.165, 1.54) is 12.8 Å². The number of aldehydes is 1. The van der Waals surface area contributed by atoms with Crippen LogP contribution in [0, 0.1) is 0 Å². The highest BCUT2D eigenvalue weighted by atomic mass is 16.2. The predicted octanol–water partition coefficient (Wildman–Crippen LogP) is 2.95. The number of hydrogen-bond donors (Lipinski definition) is 2. The number of amides is 1. The lowest BCUT2D eigenvalue weighted by molar-refractivity contribution is -0.115. The summed E-state index contributed by atoms with van der Waals surface area (Å²) in [6.07, 6.45) is 6.09. The number of nitrogen functional groups attached to an aromatic ring is 1. The molecule has 2 heterocycles. The molecule has 1 aromatic heterocycles. The topological polar surface area (TPSA) is 101 Å². The molecule has 1 aromatic carbocycles. The molecule has 0 atom stereocenters. The minimum absolute atomic E-state index is 0.153. The molecule has 142 valence electrons. The number of anilines is 3. The van der Waals surface area contributed by atoms with Gasteiger partial charge < -0.3 is 16.0 Å². The zero-order chi connectivity index (χ0) is 19.2. The normalized spacial score (nSPS) is 13.2. The Bertz CT molecular complexity index is 837. The lowest BCUT2D eigenvalue weighted by atomic mass is 10.1. The third-order valence-corrected chi connectivity index (χ3v) is 4.58. The highest BCUT2D eigenvalue weighted by Crippen LogP contribution is 2.33. The first kappa shape index (κ1) is 18.8. The minimum atomic E-state index is -0.153. The molecule has 0 fully saturated rings. The van der Waals surface area contributed by atoms with Gasteiger partial charge in [-0.25, -0.2) is 9.97 Å². The summed E-state index contributed by atoms with van der Waals surface area (Å²) < 4.78 is 0. The second kappa shape index (κ2) is 8.62. The van der Waals surface area contributed by atoms with Crippen LogP contribution >= 0.6 is 0 Å². The van der Waals surface area contributed by atoms with Crippen molar-refractivity contribution >= 4 is 29.5 Å². The second-order valence-corrected chi connectivity index (χ2v) is 6.80. The van der Waals surface area contributed by atoms with Crippen molar-refractivity contribution in [1.29, 1.82) is 0 Å². The summed E-state index contributed by atoms with van der Waals surface area (Å²) in [6.45, 7) is 2.82. The van der Waals surface area contributed by atoms with Crippen LogP contribution in [0.5, 0.6) is 0 Å². The van der Waals surface area contributed by atoms with E-state index >= 15 is 0 Å². The molecule has 0 bridgehead atoms. The van der Waals surface area contributed by atoms with Gasteiger partial charge in [0.25, 0.3) is 0 Å². The standard InChI is InChI=1S/C20H25N5O2/c1-2-3-4-5-9-16-22-19(21)18-20(23-16)25(12-17(27)24-18)11-14-7-6-8-15(10-14)13-26/h6-8,10,13H,2-5,9,11-12H2,1H3,(H,24,27)(H2,21,22,23). The smallest absolute Gasteiger partial charge is 0.244 e. The molecule has 0 saturated carbocycles. The maximum absolute atomic E-state index is 12.1. The maximum Gasteiger partial charge on any atom is 0.244 e. The van der Waals surface area contributed by atoms with Crippen LogP contribution in [-0.4, -0.2) is 28.7 Å². The fourth-order valence-electron chi connectivity index (χ4n) is 3.23. The molecular formula is C20H25N5O2. The minimum Gasteiger partial charge on any atom is -0.382 e. The lowest BCUT2D eigenvalue weighted by Crippen LogP contribution is -2.39. The number of nitrogens with one attached hydrogen (secondary N) is 1. The van der Waals surface area contributed by atoms with Crippen LogP contribution in [0.15, 0.2) is 24.3 Å². The molecule has 1 amide bonds. The largest absolute Gasteiger partial charge is 0.382 e. The molecule has 0 radical (unpaired) electrons. The molecule has 1 aliphatic heterocycles. The van der Waals surface area contributed by atoms with E-state index in [0.717, 1.165) is 31.1 Å². The van der Waals surface area contributed by atoms with Crippen LogP contribution in [0.3, 0.4) is 0 Å². The van der Waals surface area contributed by atoms with Gasteiger partial charge in [-0.3, -0.25) is 9.59 Å². The van der Waals surface area contributed by atoms with Gasteiger partial charge in [-0.2, -0.15) is 0 Å². The monoisotopic (exact) mass is 367 g/mol. The summed E-state index contributed by atoms with van der Waals surface area (Å²) in [6, 6.07) is 7.32. The quantitative estimate of drug-likeness (QED) is 0.549. The van der Waals surface area contributed by atoms with Gasteiger partial charge in [-0.1, -0.05) is 44.4 Å². The van der Waals surface area contributed by atoms with Crippen LogP contribution in [0.25, 0.3) is 0 Å². The Morgan fingerprint density at radius 3 is 2.89 bits per heavy atom. The van der Waals surface area contributed by atoms with Crippen LogP contribution in [0.2, 0.25) is 0 Å². The molecule has 0 saturated heterocycles. The fourth-order valence-corrected chi connectivity index (χ4v) is 3.23. The molecule has 3 N–H and O–H groups in total. The van der Waals surface area contributed by atoms with Crippen LogP contribution in [0.1, 0.15) is 54.4 Å².